The number of aryl methyl sites for hydroxylation is 1. The largest absolute Gasteiger partial charge is 0.300 e. The maximum atomic E-state index is 12.5. The smallest absolute Gasteiger partial charge is 0.236 e. The van der Waals surface area contributed by atoms with E-state index in [4.69, 9.17) is 4.98 Å². The van der Waals surface area contributed by atoms with Gasteiger partial charge in [-0.3, -0.25) is 10.1 Å². The van der Waals surface area contributed by atoms with E-state index >= 15 is 0 Å². The van der Waals surface area contributed by atoms with Crippen LogP contribution in [0.5, 0.6) is 0 Å². The minimum absolute atomic E-state index is 0.106. The molecule has 0 spiro atoms. The summed E-state index contributed by atoms with van der Waals surface area (Å²) in [4.78, 5) is 17.2. The number of anilines is 1. The summed E-state index contributed by atoms with van der Waals surface area (Å²) in [6, 6.07) is 23.8. The number of hydrogen-bond acceptors (Lipinski definition) is 7. The lowest BCUT2D eigenvalue weighted by Crippen LogP contribution is -2.14. The number of carbonyl (C=O) groups excluding carboxylic acids is 1. The molecule has 1 amide bonds. The van der Waals surface area contributed by atoms with E-state index in [-0.39, 0.29) is 11.7 Å². The summed E-state index contributed by atoms with van der Waals surface area (Å²) >= 11 is 2.60. The van der Waals surface area contributed by atoms with Crippen LogP contribution in [0.4, 0.5) is 5.13 Å². The third kappa shape index (κ3) is 5.02. The van der Waals surface area contributed by atoms with Gasteiger partial charge in [-0.1, -0.05) is 90.7 Å². The summed E-state index contributed by atoms with van der Waals surface area (Å²) in [5, 5.41) is 22.6. The molecule has 2 heterocycles. The summed E-state index contributed by atoms with van der Waals surface area (Å²) in [6.07, 6.45) is 0.770. The first-order valence-corrected chi connectivity index (χ1v) is 11.8. The number of amides is 1. The van der Waals surface area contributed by atoms with Gasteiger partial charge in [-0.25, -0.2) is 4.98 Å². The average molecular weight is 458 g/mol. The van der Waals surface area contributed by atoms with E-state index in [0.29, 0.717) is 15.7 Å². The highest BCUT2D eigenvalue weighted by atomic mass is 32.2. The molecule has 0 aliphatic rings. The van der Waals surface area contributed by atoms with Crippen LogP contribution in [-0.4, -0.2) is 26.8 Å². The van der Waals surface area contributed by atoms with E-state index in [1.54, 1.807) is 0 Å². The summed E-state index contributed by atoms with van der Waals surface area (Å²) in [7, 11) is 0. The molecule has 0 fully saturated rings. The van der Waals surface area contributed by atoms with Crippen LogP contribution in [0.3, 0.4) is 0 Å². The number of rotatable bonds is 7. The molecule has 2 aromatic carbocycles. The number of benzene rings is 2. The number of hydrogen-bond donors (Lipinski definition) is 1. The number of nitriles is 1. The van der Waals surface area contributed by atoms with Crippen molar-refractivity contribution in [3.8, 4) is 28.5 Å². The molecule has 32 heavy (non-hydrogen) atoms. The highest BCUT2D eigenvalue weighted by molar-refractivity contribution is 8.00. The van der Waals surface area contributed by atoms with Gasteiger partial charge in [-0.2, -0.15) is 5.26 Å². The Hall–Kier alpha value is -3.54. The highest BCUT2D eigenvalue weighted by Gasteiger charge is 2.17. The quantitative estimate of drug-likeness (QED) is 0.372. The molecular weight excluding hydrogens is 438 g/mol. The Labute approximate surface area is 194 Å². The van der Waals surface area contributed by atoms with Gasteiger partial charge in [-0.05, 0) is 18.1 Å². The third-order valence-electron chi connectivity index (χ3n) is 4.61. The van der Waals surface area contributed by atoms with Crippen LogP contribution in [0.25, 0.3) is 22.4 Å². The molecule has 0 atom stereocenters. The van der Waals surface area contributed by atoms with Gasteiger partial charge in [0.2, 0.25) is 11.0 Å². The van der Waals surface area contributed by atoms with Crippen LogP contribution >= 0.6 is 23.1 Å². The molecule has 4 rings (SSSR count). The SMILES string of the molecule is CCc1nnc(NC(=O)CSc2nc(-c3ccccc3)cc(-c3ccccc3)c2C#N)s1. The predicted molar refractivity (Wildman–Crippen MR) is 128 cm³/mol. The zero-order valence-corrected chi connectivity index (χ0v) is 18.9. The molecule has 1 N–H and O–H groups in total. The topological polar surface area (TPSA) is 91.6 Å². The minimum Gasteiger partial charge on any atom is -0.300 e. The third-order valence-corrected chi connectivity index (χ3v) is 6.57. The molecule has 0 bridgehead atoms. The highest BCUT2D eigenvalue weighted by Crippen LogP contribution is 2.34. The second-order valence-corrected chi connectivity index (χ2v) is 8.80. The standard InChI is InChI=1S/C24H19N5OS2/c1-2-22-28-29-24(32-22)27-21(30)15-31-23-19(14-25)18(16-9-5-3-6-10-16)13-20(26-23)17-11-7-4-8-12-17/h3-13H,2,15H2,1H3,(H,27,29,30). The van der Waals surface area contributed by atoms with Gasteiger partial charge in [0.25, 0.3) is 0 Å². The number of carbonyl (C=O) groups is 1. The van der Waals surface area contributed by atoms with Gasteiger partial charge in [0.05, 0.1) is 17.0 Å². The van der Waals surface area contributed by atoms with Crippen molar-refractivity contribution in [2.75, 3.05) is 11.1 Å². The number of nitrogens with one attached hydrogen (secondary N) is 1. The fourth-order valence-electron chi connectivity index (χ4n) is 3.07. The molecule has 0 unspecified atom stereocenters. The maximum absolute atomic E-state index is 12.5. The Balaban J connectivity index is 1.65. The molecule has 2 aromatic heterocycles. The normalized spacial score (nSPS) is 10.5. The van der Waals surface area contributed by atoms with Crippen molar-refractivity contribution in [1.82, 2.24) is 15.2 Å². The van der Waals surface area contributed by atoms with Crippen LogP contribution in [0.1, 0.15) is 17.5 Å². The van der Waals surface area contributed by atoms with E-state index in [2.05, 4.69) is 21.6 Å². The van der Waals surface area contributed by atoms with Crippen molar-refractivity contribution < 1.29 is 4.79 Å². The van der Waals surface area contributed by atoms with E-state index in [0.717, 1.165) is 33.8 Å². The molecule has 0 aliphatic heterocycles. The average Bonchev–Trinajstić information content (AvgIpc) is 3.30. The fourth-order valence-corrected chi connectivity index (χ4v) is 4.57. The van der Waals surface area contributed by atoms with Crippen molar-refractivity contribution >= 4 is 34.1 Å². The molecule has 0 radical (unpaired) electrons. The summed E-state index contributed by atoms with van der Waals surface area (Å²) in [5.41, 5.74) is 3.87. The van der Waals surface area contributed by atoms with Gasteiger partial charge in [0, 0.05) is 11.1 Å². The van der Waals surface area contributed by atoms with Gasteiger partial charge in [-0.15, -0.1) is 10.2 Å². The molecular formula is C24H19N5OS2. The zero-order chi connectivity index (χ0) is 22.3. The molecule has 4 aromatic rings. The summed E-state index contributed by atoms with van der Waals surface area (Å²) < 4.78 is 0. The number of nitrogens with zero attached hydrogens (tertiary/aromatic N) is 4. The number of thioether (sulfide) groups is 1. The first kappa shape index (κ1) is 21.7. The van der Waals surface area contributed by atoms with E-state index < -0.39 is 0 Å². The first-order chi connectivity index (χ1) is 15.7. The summed E-state index contributed by atoms with van der Waals surface area (Å²) in [6.45, 7) is 1.99. The molecule has 158 valence electrons. The Bertz CT molecular complexity index is 1270. The number of pyridine rings is 1. The van der Waals surface area contributed by atoms with Crippen molar-refractivity contribution in [2.45, 2.75) is 18.4 Å². The first-order valence-electron chi connectivity index (χ1n) is 9.99. The van der Waals surface area contributed by atoms with Crippen LogP contribution < -0.4 is 5.32 Å². The van der Waals surface area contributed by atoms with E-state index in [1.807, 2.05) is 73.7 Å². The van der Waals surface area contributed by atoms with Crippen LogP contribution in [-0.2, 0) is 11.2 Å². The van der Waals surface area contributed by atoms with Crippen molar-refractivity contribution in [3.63, 3.8) is 0 Å². The minimum atomic E-state index is -0.217. The van der Waals surface area contributed by atoms with Gasteiger partial charge >= 0.3 is 0 Å². The molecule has 0 aliphatic carbocycles. The van der Waals surface area contributed by atoms with E-state index in [9.17, 15) is 10.1 Å². The molecule has 8 heteroatoms. The Morgan fingerprint density at radius 1 is 1.06 bits per heavy atom. The lowest BCUT2D eigenvalue weighted by Gasteiger charge is -2.12. The van der Waals surface area contributed by atoms with Crippen LogP contribution in [0.15, 0.2) is 71.8 Å². The van der Waals surface area contributed by atoms with Crippen LogP contribution in [0, 0.1) is 11.3 Å². The van der Waals surface area contributed by atoms with Gasteiger partial charge in [0.15, 0.2) is 0 Å². The Kier molecular flexibility index (Phi) is 6.90. The van der Waals surface area contributed by atoms with Crippen molar-refractivity contribution in [1.29, 1.82) is 5.26 Å². The predicted octanol–water partition coefficient (Wildman–Crippen LogP) is 5.43. The van der Waals surface area contributed by atoms with Gasteiger partial charge in [0.1, 0.15) is 16.1 Å². The van der Waals surface area contributed by atoms with Crippen molar-refractivity contribution in [3.05, 3.63) is 77.3 Å². The fraction of sp³-hybridized carbons (Fsp3) is 0.125. The van der Waals surface area contributed by atoms with Gasteiger partial charge < -0.3 is 0 Å². The van der Waals surface area contributed by atoms with Crippen molar-refractivity contribution in [2.24, 2.45) is 0 Å². The summed E-state index contributed by atoms with van der Waals surface area (Å²) in [5.74, 6) is -0.110. The molecule has 0 saturated carbocycles. The van der Waals surface area contributed by atoms with E-state index in [1.165, 1.54) is 23.1 Å². The molecule has 6 nitrogen and oxygen atoms in total. The lowest BCUT2D eigenvalue weighted by molar-refractivity contribution is -0.113. The number of aromatic nitrogens is 3. The Morgan fingerprint density at radius 2 is 1.75 bits per heavy atom. The maximum Gasteiger partial charge on any atom is 0.236 e. The lowest BCUT2D eigenvalue weighted by atomic mass is 9.99. The molecule has 0 saturated heterocycles. The second-order valence-electron chi connectivity index (χ2n) is 6.77. The van der Waals surface area contributed by atoms with Crippen LogP contribution in [0.2, 0.25) is 0 Å². The monoisotopic (exact) mass is 457 g/mol. The zero-order valence-electron chi connectivity index (χ0n) is 17.3. The second kappa shape index (κ2) is 10.2. The Morgan fingerprint density at radius 3 is 2.38 bits per heavy atom.